The smallest absolute Gasteiger partial charge is 0.267 e. The molecule has 3 aromatic carbocycles. The second-order valence-electron chi connectivity index (χ2n) is 7.60. The number of ether oxygens (including phenoxy) is 2. The van der Waals surface area contributed by atoms with Gasteiger partial charge in [-0.15, -0.1) is 0 Å². The monoisotopic (exact) mass is 485 g/mol. The van der Waals surface area contributed by atoms with Crippen molar-refractivity contribution in [3.05, 3.63) is 78.4 Å². The molecule has 3 aromatic rings. The van der Waals surface area contributed by atoms with Crippen LogP contribution in [0.3, 0.4) is 0 Å². The molecule has 0 saturated carbocycles. The number of sulfonamides is 1. The number of nitrogens with zero attached hydrogens (tertiary/aromatic N) is 1. The van der Waals surface area contributed by atoms with Gasteiger partial charge in [-0.1, -0.05) is 17.7 Å². The Hall–Kier alpha value is -3.76. The summed E-state index contributed by atoms with van der Waals surface area (Å²) in [5.41, 5.74) is 3.58. The highest BCUT2D eigenvalue weighted by molar-refractivity contribution is 7.92. The molecule has 0 spiro atoms. The molecule has 180 valence electrons. The Morgan fingerprint density at radius 1 is 0.941 bits per heavy atom. The van der Waals surface area contributed by atoms with Gasteiger partial charge < -0.3 is 14.8 Å². The molecule has 0 aliphatic heterocycles. The molecule has 3 rings (SSSR count). The summed E-state index contributed by atoms with van der Waals surface area (Å²) >= 11 is 0. The maximum absolute atomic E-state index is 12.6. The minimum Gasteiger partial charge on any atom is -0.497 e. The predicted octanol–water partition coefficient (Wildman–Crippen LogP) is 3.55. The van der Waals surface area contributed by atoms with Crippen LogP contribution < -0.4 is 24.6 Å². The van der Waals surface area contributed by atoms with Crippen molar-refractivity contribution in [3.8, 4) is 17.2 Å². The van der Waals surface area contributed by atoms with Gasteiger partial charge in [-0.2, -0.15) is 0 Å². The molecule has 0 unspecified atom stereocenters. The van der Waals surface area contributed by atoms with Gasteiger partial charge in [0.25, 0.3) is 5.91 Å². The first-order valence-corrected chi connectivity index (χ1v) is 12.2. The van der Waals surface area contributed by atoms with Gasteiger partial charge in [-0.05, 0) is 67.6 Å². The van der Waals surface area contributed by atoms with E-state index in [0.717, 1.165) is 16.1 Å². The minimum atomic E-state index is -3.76. The summed E-state index contributed by atoms with van der Waals surface area (Å²) in [6.45, 7) is 1.71. The first-order chi connectivity index (χ1) is 16.2. The van der Waals surface area contributed by atoms with Crippen molar-refractivity contribution in [1.82, 2.24) is 5.48 Å². The second kappa shape index (κ2) is 10.9. The van der Waals surface area contributed by atoms with Gasteiger partial charge in [0.2, 0.25) is 10.0 Å². The maximum atomic E-state index is 12.6. The van der Waals surface area contributed by atoms with E-state index >= 15 is 0 Å². The Kier molecular flexibility index (Phi) is 7.98. The molecular formula is C24H27N3O6S. The average Bonchev–Trinajstić information content (AvgIpc) is 2.83. The minimum absolute atomic E-state index is 0.268. The lowest BCUT2D eigenvalue weighted by molar-refractivity contribution is -0.129. The Labute approximate surface area is 198 Å². The number of hydrogen-bond donors (Lipinski definition) is 3. The van der Waals surface area contributed by atoms with E-state index in [2.05, 4.69) is 5.32 Å². The van der Waals surface area contributed by atoms with Crippen LogP contribution in [0.15, 0.2) is 72.8 Å². The van der Waals surface area contributed by atoms with Gasteiger partial charge in [0.1, 0.15) is 23.3 Å². The molecule has 10 heteroatoms. The standard InChI is InChI=1S/C24H27N3O6S/c1-17-4-10-21(11-5-17)33-22-14-8-19(9-15-22)27(34(3,30)31)16-23(24(28)26-29)25-18-6-12-20(32-2)13-7-18/h4-15,23,25,29H,16H2,1-3H3,(H,26,28)/t23-/m0/s1. The van der Waals surface area contributed by atoms with Crippen molar-refractivity contribution < 1.29 is 27.9 Å². The third kappa shape index (κ3) is 6.63. The van der Waals surface area contributed by atoms with E-state index in [9.17, 15) is 18.4 Å². The average molecular weight is 486 g/mol. The number of methoxy groups -OCH3 is 1. The van der Waals surface area contributed by atoms with Crippen LogP contribution in [0.4, 0.5) is 11.4 Å². The number of hydrogen-bond acceptors (Lipinski definition) is 7. The van der Waals surface area contributed by atoms with E-state index in [1.165, 1.54) is 7.11 Å². The van der Waals surface area contributed by atoms with E-state index < -0.39 is 22.0 Å². The number of amides is 1. The fourth-order valence-electron chi connectivity index (χ4n) is 3.18. The highest BCUT2D eigenvalue weighted by Crippen LogP contribution is 2.26. The van der Waals surface area contributed by atoms with Gasteiger partial charge in [-0.3, -0.25) is 14.3 Å². The number of anilines is 2. The normalized spacial score (nSPS) is 11.9. The van der Waals surface area contributed by atoms with Crippen LogP contribution in [0, 0.1) is 6.92 Å². The number of rotatable bonds is 10. The van der Waals surface area contributed by atoms with Gasteiger partial charge >= 0.3 is 0 Å². The molecule has 0 aromatic heterocycles. The number of carbonyl (C=O) groups excluding carboxylic acids is 1. The SMILES string of the molecule is COc1ccc(N[C@@H](CN(c2ccc(Oc3ccc(C)cc3)cc2)S(C)(=O)=O)C(=O)NO)cc1. The molecule has 1 amide bonds. The highest BCUT2D eigenvalue weighted by atomic mass is 32.2. The molecule has 3 N–H and O–H groups in total. The van der Waals surface area contributed by atoms with Crippen molar-refractivity contribution in [2.75, 3.05) is 29.5 Å². The lowest BCUT2D eigenvalue weighted by Crippen LogP contribution is -2.48. The third-order valence-electron chi connectivity index (χ3n) is 4.99. The van der Waals surface area contributed by atoms with E-state index in [1.54, 1.807) is 54.0 Å². The van der Waals surface area contributed by atoms with Gasteiger partial charge in [0.05, 0.1) is 25.6 Å². The first-order valence-electron chi connectivity index (χ1n) is 10.4. The second-order valence-corrected chi connectivity index (χ2v) is 9.51. The van der Waals surface area contributed by atoms with Crippen LogP contribution in [-0.2, 0) is 14.8 Å². The van der Waals surface area contributed by atoms with Crippen LogP contribution >= 0.6 is 0 Å². The first kappa shape index (κ1) is 24.9. The third-order valence-corrected chi connectivity index (χ3v) is 6.15. The van der Waals surface area contributed by atoms with E-state index in [-0.39, 0.29) is 6.54 Å². The zero-order valence-corrected chi connectivity index (χ0v) is 19.9. The predicted molar refractivity (Wildman–Crippen MR) is 130 cm³/mol. The summed E-state index contributed by atoms with van der Waals surface area (Å²) in [6.07, 6.45) is 1.05. The Bertz CT molecular complexity index is 1200. The van der Waals surface area contributed by atoms with Gasteiger partial charge in [0, 0.05) is 5.69 Å². The van der Waals surface area contributed by atoms with E-state index in [4.69, 9.17) is 9.47 Å². The molecule has 0 bridgehead atoms. The van der Waals surface area contributed by atoms with Crippen molar-refractivity contribution in [2.24, 2.45) is 0 Å². The molecule has 0 aliphatic rings. The largest absolute Gasteiger partial charge is 0.497 e. The van der Waals surface area contributed by atoms with Crippen molar-refractivity contribution in [3.63, 3.8) is 0 Å². The topological polar surface area (TPSA) is 117 Å². The lowest BCUT2D eigenvalue weighted by Gasteiger charge is -2.27. The van der Waals surface area contributed by atoms with Crippen LogP contribution in [0.5, 0.6) is 17.2 Å². The van der Waals surface area contributed by atoms with Crippen molar-refractivity contribution >= 4 is 27.3 Å². The molecule has 0 saturated heterocycles. The summed E-state index contributed by atoms with van der Waals surface area (Å²) in [5, 5.41) is 12.1. The van der Waals surface area contributed by atoms with E-state index in [0.29, 0.717) is 28.6 Å². The lowest BCUT2D eigenvalue weighted by atomic mass is 10.2. The quantitative estimate of drug-likeness (QED) is 0.297. The summed E-state index contributed by atoms with van der Waals surface area (Å²) < 4.78 is 37.2. The fourth-order valence-corrected chi connectivity index (χ4v) is 4.11. The molecule has 0 heterocycles. The molecule has 34 heavy (non-hydrogen) atoms. The van der Waals surface area contributed by atoms with Gasteiger partial charge in [0.15, 0.2) is 0 Å². The Morgan fingerprint density at radius 2 is 1.47 bits per heavy atom. The summed E-state index contributed by atoms with van der Waals surface area (Å²) in [4.78, 5) is 12.3. The zero-order chi connectivity index (χ0) is 24.7. The van der Waals surface area contributed by atoms with Crippen LogP contribution in [-0.4, -0.2) is 45.5 Å². The summed E-state index contributed by atoms with van der Waals surface area (Å²) in [6, 6.07) is 19.7. The fraction of sp³-hybridized carbons (Fsp3) is 0.208. The Morgan fingerprint density at radius 3 is 1.97 bits per heavy atom. The highest BCUT2D eigenvalue weighted by Gasteiger charge is 2.27. The summed E-state index contributed by atoms with van der Waals surface area (Å²) in [5.74, 6) is 1.02. The summed E-state index contributed by atoms with van der Waals surface area (Å²) in [7, 11) is -2.23. The maximum Gasteiger partial charge on any atom is 0.267 e. The van der Waals surface area contributed by atoms with E-state index in [1.807, 2.05) is 31.2 Å². The molecule has 9 nitrogen and oxygen atoms in total. The molecular weight excluding hydrogens is 458 g/mol. The molecule has 1 atom stereocenters. The molecule has 0 fully saturated rings. The number of carbonyl (C=O) groups is 1. The van der Waals surface area contributed by atoms with Crippen LogP contribution in [0.2, 0.25) is 0 Å². The Balaban J connectivity index is 1.81. The zero-order valence-electron chi connectivity index (χ0n) is 19.1. The number of aryl methyl sites for hydroxylation is 1. The molecule has 0 aliphatic carbocycles. The number of hydroxylamine groups is 1. The number of nitrogens with one attached hydrogen (secondary N) is 2. The van der Waals surface area contributed by atoms with Crippen molar-refractivity contribution in [1.29, 1.82) is 0 Å². The van der Waals surface area contributed by atoms with Crippen LogP contribution in [0.25, 0.3) is 0 Å². The van der Waals surface area contributed by atoms with Crippen molar-refractivity contribution in [2.45, 2.75) is 13.0 Å². The van der Waals surface area contributed by atoms with Gasteiger partial charge in [-0.25, -0.2) is 13.9 Å². The molecule has 0 radical (unpaired) electrons. The number of benzene rings is 3. The van der Waals surface area contributed by atoms with Crippen LogP contribution in [0.1, 0.15) is 5.56 Å².